The van der Waals surface area contributed by atoms with Crippen LogP contribution in [0.3, 0.4) is 0 Å². The van der Waals surface area contributed by atoms with Gasteiger partial charge in [-0.25, -0.2) is 4.79 Å². The quantitative estimate of drug-likeness (QED) is 0.400. The molecule has 0 spiro atoms. The summed E-state index contributed by atoms with van der Waals surface area (Å²) >= 11 is 0. The van der Waals surface area contributed by atoms with Crippen LogP contribution < -0.4 is 0 Å². The molecule has 0 radical (unpaired) electrons. The van der Waals surface area contributed by atoms with Crippen LogP contribution in [0.15, 0.2) is 12.7 Å². The highest BCUT2D eigenvalue weighted by molar-refractivity contribution is 5.81. The summed E-state index contributed by atoms with van der Waals surface area (Å²) in [6.45, 7) is 9.46. The fraction of sp³-hybridized carbons (Fsp3) is 0.733. The van der Waals surface area contributed by atoms with E-state index in [-0.39, 0.29) is 31.0 Å². The van der Waals surface area contributed by atoms with Crippen LogP contribution in [0.2, 0.25) is 0 Å². The number of hydrogen-bond acceptors (Lipinski definition) is 5. The molecule has 0 aromatic carbocycles. The number of rotatable bonds is 9. The first-order chi connectivity index (χ1) is 9.28. The average Bonchev–Trinajstić information content (AvgIpc) is 2.35. The highest BCUT2D eigenvalue weighted by atomic mass is 16.6. The standard InChI is InChI=1S/C15H26O5/c1-5-13(17)19-9-7-6-8-14(18)20-12(11-16)10-15(2,3)4/h5,12,16H,1,6-11H2,2-4H3. The van der Waals surface area contributed by atoms with Crippen molar-refractivity contribution in [3.8, 4) is 0 Å². The number of aliphatic hydroxyl groups is 1. The molecule has 0 rings (SSSR count). The second kappa shape index (κ2) is 9.53. The van der Waals surface area contributed by atoms with E-state index in [1.165, 1.54) is 0 Å². The van der Waals surface area contributed by atoms with Gasteiger partial charge >= 0.3 is 11.9 Å². The van der Waals surface area contributed by atoms with Crippen molar-refractivity contribution < 1.29 is 24.2 Å². The van der Waals surface area contributed by atoms with Gasteiger partial charge in [0.1, 0.15) is 6.10 Å². The van der Waals surface area contributed by atoms with E-state index in [2.05, 4.69) is 6.58 Å². The maximum atomic E-state index is 11.6. The first-order valence-electron chi connectivity index (χ1n) is 6.88. The van der Waals surface area contributed by atoms with Crippen LogP contribution in [-0.2, 0) is 19.1 Å². The summed E-state index contributed by atoms with van der Waals surface area (Å²) in [5.41, 5.74) is -0.00737. The SMILES string of the molecule is C=CC(=O)OCCCCC(=O)OC(CO)CC(C)(C)C. The van der Waals surface area contributed by atoms with Gasteiger partial charge in [-0.05, 0) is 24.7 Å². The Kier molecular flexibility index (Phi) is 8.88. The van der Waals surface area contributed by atoms with E-state index in [1.54, 1.807) is 0 Å². The van der Waals surface area contributed by atoms with Gasteiger partial charge in [0, 0.05) is 12.5 Å². The Labute approximate surface area is 121 Å². The summed E-state index contributed by atoms with van der Waals surface area (Å²) in [5, 5.41) is 9.19. The molecule has 0 aromatic rings. The van der Waals surface area contributed by atoms with Crippen LogP contribution in [0.25, 0.3) is 0 Å². The van der Waals surface area contributed by atoms with Gasteiger partial charge in [-0.3, -0.25) is 4.79 Å². The number of aliphatic hydroxyl groups excluding tert-OH is 1. The predicted octanol–water partition coefficient (Wildman–Crippen LogP) is 2.23. The van der Waals surface area contributed by atoms with Crippen molar-refractivity contribution in [3.05, 3.63) is 12.7 Å². The second-order valence-corrected chi connectivity index (χ2v) is 5.89. The lowest BCUT2D eigenvalue weighted by atomic mass is 9.89. The van der Waals surface area contributed by atoms with Crippen LogP contribution in [0.5, 0.6) is 0 Å². The van der Waals surface area contributed by atoms with E-state index in [1.807, 2.05) is 20.8 Å². The Balaban J connectivity index is 3.81. The number of unbranched alkanes of at least 4 members (excludes halogenated alkanes) is 1. The van der Waals surface area contributed by atoms with Gasteiger partial charge in [-0.2, -0.15) is 0 Å². The topological polar surface area (TPSA) is 72.8 Å². The maximum absolute atomic E-state index is 11.6. The second-order valence-electron chi connectivity index (χ2n) is 5.89. The molecule has 20 heavy (non-hydrogen) atoms. The molecule has 116 valence electrons. The molecule has 0 aliphatic rings. The van der Waals surface area contributed by atoms with E-state index in [0.29, 0.717) is 19.3 Å². The lowest BCUT2D eigenvalue weighted by molar-refractivity contribution is -0.152. The molecule has 0 heterocycles. The number of esters is 2. The fourth-order valence-electron chi connectivity index (χ4n) is 1.67. The minimum Gasteiger partial charge on any atom is -0.463 e. The highest BCUT2D eigenvalue weighted by Gasteiger charge is 2.21. The van der Waals surface area contributed by atoms with Crippen LogP contribution in [0, 0.1) is 5.41 Å². The Bertz CT molecular complexity index is 317. The third-order valence-corrected chi connectivity index (χ3v) is 2.53. The van der Waals surface area contributed by atoms with Crippen molar-refractivity contribution in [3.63, 3.8) is 0 Å². The molecule has 1 unspecified atom stereocenters. The third kappa shape index (κ3) is 10.6. The van der Waals surface area contributed by atoms with Crippen molar-refractivity contribution in [2.45, 2.75) is 52.6 Å². The van der Waals surface area contributed by atoms with Gasteiger partial charge in [0.15, 0.2) is 0 Å². The Morgan fingerprint density at radius 1 is 1.30 bits per heavy atom. The molecule has 0 fully saturated rings. The molecule has 0 amide bonds. The number of carbonyl (C=O) groups is 2. The molecule has 0 aliphatic carbocycles. The lowest BCUT2D eigenvalue weighted by Crippen LogP contribution is -2.27. The molecule has 0 bridgehead atoms. The number of ether oxygens (including phenoxy) is 2. The van der Waals surface area contributed by atoms with Gasteiger partial charge in [0.05, 0.1) is 13.2 Å². The summed E-state index contributed by atoms with van der Waals surface area (Å²) in [6, 6.07) is 0. The van der Waals surface area contributed by atoms with Crippen molar-refractivity contribution in [2.75, 3.05) is 13.2 Å². The molecule has 0 saturated carbocycles. The van der Waals surface area contributed by atoms with Crippen molar-refractivity contribution in [2.24, 2.45) is 5.41 Å². The molecule has 0 saturated heterocycles. The monoisotopic (exact) mass is 286 g/mol. The fourth-order valence-corrected chi connectivity index (χ4v) is 1.67. The number of carbonyl (C=O) groups excluding carboxylic acids is 2. The summed E-state index contributed by atoms with van der Waals surface area (Å²) < 4.78 is 10.0. The Morgan fingerprint density at radius 2 is 1.95 bits per heavy atom. The Morgan fingerprint density at radius 3 is 2.45 bits per heavy atom. The Hall–Kier alpha value is -1.36. The molecule has 5 heteroatoms. The van der Waals surface area contributed by atoms with Gasteiger partial charge in [-0.15, -0.1) is 0 Å². The minimum atomic E-state index is -0.460. The van der Waals surface area contributed by atoms with Crippen molar-refractivity contribution in [1.82, 2.24) is 0 Å². The lowest BCUT2D eigenvalue weighted by Gasteiger charge is -2.24. The van der Waals surface area contributed by atoms with E-state index >= 15 is 0 Å². The molecule has 1 N–H and O–H groups in total. The molecule has 5 nitrogen and oxygen atoms in total. The van der Waals surface area contributed by atoms with Crippen LogP contribution in [0.1, 0.15) is 46.5 Å². The predicted molar refractivity (Wildman–Crippen MR) is 76.0 cm³/mol. The first-order valence-corrected chi connectivity index (χ1v) is 6.88. The molecule has 1 atom stereocenters. The summed E-state index contributed by atoms with van der Waals surface area (Å²) in [4.78, 5) is 22.4. The van der Waals surface area contributed by atoms with E-state index in [4.69, 9.17) is 9.47 Å². The van der Waals surface area contributed by atoms with Crippen molar-refractivity contribution in [1.29, 1.82) is 0 Å². The smallest absolute Gasteiger partial charge is 0.330 e. The van der Waals surface area contributed by atoms with Crippen LogP contribution >= 0.6 is 0 Å². The highest BCUT2D eigenvalue weighted by Crippen LogP contribution is 2.22. The maximum Gasteiger partial charge on any atom is 0.330 e. The van der Waals surface area contributed by atoms with Gasteiger partial charge in [-0.1, -0.05) is 27.4 Å². The van der Waals surface area contributed by atoms with Gasteiger partial charge in [0.2, 0.25) is 0 Å². The normalized spacial score (nSPS) is 12.6. The van der Waals surface area contributed by atoms with E-state index < -0.39 is 12.1 Å². The largest absolute Gasteiger partial charge is 0.463 e. The zero-order chi connectivity index (χ0) is 15.6. The summed E-state index contributed by atoms with van der Waals surface area (Å²) in [6.07, 6.45) is 2.70. The molecule has 0 aliphatic heterocycles. The minimum absolute atomic E-state index is 0.00737. The molecule has 0 aromatic heterocycles. The van der Waals surface area contributed by atoms with Crippen molar-refractivity contribution >= 4 is 11.9 Å². The summed E-state index contributed by atoms with van der Waals surface area (Å²) in [5.74, 6) is -0.790. The summed E-state index contributed by atoms with van der Waals surface area (Å²) in [7, 11) is 0. The van der Waals surface area contributed by atoms with E-state index in [9.17, 15) is 14.7 Å². The van der Waals surface area contributed by atoms with E-state index in [0.717, 1.165) is 6.08 Å². The number of hydrogen-bond donors (Lipinski definition) is 1. The zero-order valence-corrected chi connectivity index (χ0v) is 12.7. The first kappa shape index (κ1) is 18.6. The van der Waals surface area contributed by atoms with Gasteiger partial charge < -0.3 is 14.6 Å². The molecular weight excluding hydrogens is 260 g/mol. The van der Waals surface area contributed by atoms with Gasteiger partial charge in [0.25, 0.3) is 0 Å². The van der Waals surface area contributed by atoms with Crippen LogP contribution in [-0.4, -0.2) is 36.4 Å². The average molecular weight is 286 g/mol. The molecular formula is C15H26O5. The van der Waals surface area contributed by atoms with Crippen LogP contribution in [0.4, 0.5) is 0 Å². The third-order valence-electron chi connectivity index (χ3n) is 2.53. The zero-order valence-electron chi connectivity index (χ0n) is 12.7.